The van der Waals surface area contributed by atoms with E-state index < -0.39 is 5.97 Å². The summed E-state index contributed by atoms with van der Waals surface area (Å²) < 4.78 is 7.02. The molecule has 6 heteroatoms. The van der Waals surface area contributed by atoms with E-state index in [2.05, 4.69) is 9.97 Å². The van der Waals surface area contributed by atoms with E-state index in [-0.39, 0.29) is 11.4 Å². The Morgan fingerprint density at radius 3 is 2.95 bits per heavy atom. The summed E-state index contributed by atoms with van der Waals surface area (Å²) >= 11 is 5.79. The van der Waals surface area contributed by atoms with Gasteiger partial charge in [-0.15, -0.1) is 0 Å². The average Bonchev–Trinajstić information content (AvgIpc) is 2.84. The van der Waals surface area contributed by atoms with Crippen molar-refractivity contribution in [1.82, 2.24) is 14.4 Å². The van der Waals surface area contributed by atoms with Crippen LogP contribution in [0.5, 0.6) is 5.75 Å². The number of carbonyl (C=O) groups is 1. The number of imidazole rings is 1. The maximum absolute atomic E-state index is 12.0. The number of aromatic nitrogens is 3. The number of carbonyl (C=O) groups excluding carboxylic acids is 1. The van der Waals surface area contributed by atoms with Crippen LogP contribution in [0.3, 0.4) is 0 Å². The van der Waals surface area contributed by atoms with Crippen LogP contribution >= 0.6 is 11.6 Å². The van der Waals surface area contributed by atoms with E-state index in [1.807, 2.05) is 29.5 Å². The number of ether oxygens (including phenoxy) is 1. The molecule has 0 spiro atoms. The lowest BCUT2D eigenvalue weighted by Crippen LogP contribution is -2.09. The zero-order chi connectivity index (χ0) is 14.1. The van der Waals surface area contributed by atoms with Gasteiger partial charge in [0.1, 0.15) is 5.65 Å². The van der Waals surface area contributed by atoms with Gasteiger partial charge >= 0.3 is 5.97 Å². The smallest absolute Gasteiger partial charge is 0.364 e. The summed E-state index contributed by atoms with van der Waals surface area (Å²) in [6.07, 6.45) is 4.53. The van der Waals surface area contributed by atoms with E-state index in [1.165, 1.54) is 18.5 Å². The van der Waals surface area contributed by atoms with Gasteiger partial charge in [0.2, 0.25) is 0 Å². The third-order valence-corrected chi connectivity index (χ3v) is 3.00. The molecule has 0 aromatic carbocycles. The molecule has 0 aliphatic rings. The van der Waals surface area contributed by atoms with Crippen LogP contribution < -0.4 is 4.74 Å². The van der Waals surface area contributed by atoms with Gasteiger partial charge in [-0.05, 0) is 19.1 Å². The van der Waals surface area contributed by atoms with Crippen LogP contribution in [-0.2, 0) is 0 Å². The standard InChI is InChI=1S/C14H10ClN3O2/c1-9-3-2-4-13-17-12(8-18(9)13)14(19)20-11-5-10(15)6-16-7-11/h2-8H,1H3. The van der Waals surface area contributed by atoms with Crippen molar-refractivity contribution in [3.05, 3.63) is 59.3 Å². The second kappa shape index (κ2) is 4.94. The number of rotatable bonds is 2. The highest BCUT2D eigenvalue weighted by Gasteiger charge is 2.14. The summed E-state index contributed by atoms with van der Waals surface area (Å²) in [6, 6.07) is 7.16. The van der Waals surface area contributed by atoms with Crippen LogP contribution in [0.25, 0.3) is 5.65 Å². The number of nitrogens with zero attached hydrogens (tertiary/aromatic N) is 3. The second-order valence-corrected chi connectivity index (χ2v) is 4.69. The molecule has 0 aliphatic carbocycles. The van der Waals surface area contributed by atoms with Gasteiger partial charge in [0.25, 0.3) is 0 Å². The first-order chi connectivity index (χ1) is 9.63. The molecule has 3 aromatic heterocycles. The largest absolute Gasteiger partial charge is 0.420 e. The topological polar surface area (TPSA) is 56.5 Å². The minimum absolute atomic E-state index is 0.235. The average molecular weight is 288 g/mol. The first-order valence-corrected chi connectivity index (χ1v) is 6.29. The number of fused-ring (bicyclic) bond motifs is 1. The molecule has 5 nitrogen and oxygen atoms in total. The number of hydrogen-bond acceptors (Lipinski definition) is 4. The van der Waals surface area contributed by atoms with Crippen molar-refractivity contribution in [2.45, 2.75) is 6.92 Å². The van der Waals surface area contributed by atoms with E-state index in [0.29, 0.717) is 10.7 Å². The summed E-state index contributed by atoms with van der Waals surface area (Å²) in [7, 11) is 0. The molecule has 3 aromatic rings. The first kappa shape index (κ1) is 12.6. The Kier molecular flexibility index (Phi) is 3.12. The predicted octanol–water partition coefficient (Wildman–Crippen LogP) is 2.91. The summed E-state index contributed by atoms with van der Waals surface area (Å²) in [4.78, 5) is 20.1. The van der Waals surface area contributed by atoms with Gasteiger partial charge in [0.15, 0.2) is 11.4 Å². The first-order valence-electron chi connectivity index (χ1n) is 5.91. The van der Waals surface area contributed by atoms with Crippen LogP contribution in [0.1, 0.15) is 16.2 Å². The van der Waals surface area contributed by atoms with Crippen LogP contribution in [0.2, 0.25) is 5.02 Å². The highest BCUT2D eigenvalue weighted by Crippen LogP contribution is 2.17. The molecule has 0 saturated heterocycles. The van der Waals surface area contributed by atoms with E-state index in [0.717, 1.165) is 5.69 Å². The van der Waals surface area contributed by atoms with Crippen molar-refractivity contribution in [1.29, 1.82) is 0 Å². The molecular formula is C14H10ClN3O2. The minimum Gasteiger partial charge on any atom is -0.420 e. The number of aryl methyl sites for hydroxylation is 1. The summed E-state index contributed by atoms with van der Waals surface area (Å²) in [6.45, 7) is 1.94. The Morgan fingerprint density at radius 1 is 1.35 bits per heavy atom. The molecule has 0 amide bonds. The van der Waals surface area contributed by atoms with Gasteiger partial charge in [-0.2, -0.15) is 0 Å². The zero-order valence-electron chi connectivity index (χ0n) is 10.6. The van der Waals surface area contributed by atoms with Gasteiger partial charge < -0.3 is 9.14 Å². The van der Waals surface area contributed by atoms with Crippen LogP contribution in [0.4, 0.5) is 0 Å². The van der Waals surface area contributed by atoms with Gasteiger partial charge in [-0.25, -0.2) is 9.78 Å². The van der Waals surface area contributed by atoms with E-state index in [9.17, 15) is 4.79 Å². The molecule has 100 valence electrons. The molecule has 0 aliphatic heterocycles. The summed E-state index contributed by atoms with van der Waals surface area (Å²) in [5, 5.41) is 0.404. The van der Waals surface area contributed by atoms with Crippen LogP contribution in [0.15, 0.2) is 42.9 Å². The second-order valence-electron chi connectivity index (χ2n) is 4.25. The van der Waals surface area contributed by atoms with Crippen molar-refractivity contribution < 1.29 is 9.53 Å². The van der Waals surface area contributed by atoms with Crippen LogP contribution in [-0.4, -0.2) is 20.3 Å². The third kappa shape index (κ3) is 2.35. The van der Waals surface area contributed by atoms with Crippen molar-refractivity contribution >= 4 is 23.2 Å². The molecule has 0 bridgehead atoms. The Bertz CT molecular complexity index is 798. The molecule has 0 saturated carbocycles. The molecule has 20 heavy (non-hydrogen) atoms. The predicted molar refractivity (Wildman–Crippen MR) is 74.1 cm³/mol. The maximum Gasteiger partial charge on any atom is 0.364 e. The van der Waals surface area contributed by atoms with Crippen molar-refractivity contribution in [2.24, 2.45) is 0 Å². The molecule has 0 N–H and O–H groups in total. The fraction of sp³-hybridized carbons (Fsp3) is 0.0714. The molecular weight excluding hydrogens is 278 g/mol. The zero-order valence-corrected chi connectivity index (χ0v) is 11.3. The Balaban J connectivity index is 1.91. The quantitative estimate of drug-likeness (QED) is 0.680. The summed E-state index contributed by atoms with van der Waals surface area (Å²) in [5.41, 5.74) is 1.92. The van der Waals surface area contributed by atoms with Crippen LogP contribution in [0, 0.1) is 6.92 Å². The molecule has 0 radical (unpaired) electrons. The highest BCUT2D eigenvalue weighted by molar-refractivity contribution is 6.30. The number of halogens is 1. The van der Waals surface area contributed by atoms with Crippen molar-refractivity contribution in [3.8, 4) is 5.75 Å². The van der Waals surface area contributed by atoms with Gasteiger partial charge in [-0.3, -0.25) is 4.98 Å². The van der Waals surface area contributed by atoms with E-state index in [4.69, 9.17) is 16.3 Å². The lowest BCUT2D eigenvalue weighted by molar-refractivity contribution is 0.0729. The minimum atomic E-state index is -0.544. The lowest BCUT2D eigenvalue weighted by atomic mass is 10.4. The van der Waals surface area contributed by atoms with Crippen molar-refractivity contribution in [2.75, 3.05) is 0 Å². The molecule has 0 fully saturated rings. The Labute approximate surface area is 119 Å². The molecule has 0 atom stereocenters. The van der Waals surface area contributed by atoms with E-state index in [1.54, 1.807) is 6.20 Å². The van der Waals surface area contributed by atoms with Gasteiger partial charge in [-0.1, -0.05) is 17.7 Å². The highest BCUT2D eigenvalue weighted by atomic mass is 35.5. The number of pyridine rings is 2. The SMILES string of the molecule is Cc1cccc2nc(C(=O)Oc3cncc(Cl)c3)cn12. The maximum atomic E-state index is 12.0. The van der Waals surface area contributed by atoms with Gasteiger partial charge in [0.05, 0.1) is 11.2 Å². The molecule has 3 rings (SSSR count). The Morgan fingerprint density at radius 2 is 2.20 bits per heavy atom. The monoisotopic (exact) mass is 287 g/mol. The lowest BCUT2D eigenvalue weighted by Gasteiger charge is -2.01. The number of hydrogen-bond donors (Lipinski definition) is 0. The van der Waals surface area contributed by atoms with Gasteiger partial charge in [0, 0.05) is 24.2 Å². The number of esters is 1. The molecule has 0 unspecified atom stereocenters. The fourth-order valence-corrected chi connectivity index (χ4v) is 2.02. The van der Waals surface area contributed by atoms with E-state index >= 15 is 0 Å². The third-order valence-electron chi connectivity index (χ3n) is 2.80. The normalized spacial score (nSPS) is 10.7. The Hall–Kier alpha value is -2.40. The summed E-state index contributed by atoms with van der Waals surface area (Å²) in [5.74, 6) is -0.256. The fourth-order valence-electron chi connectivity index (χ4n) is 1.85. The van der Waals surface area contributed by atoms with Crippen molar-refractivity contribution in [3.63, 3.8) is 0 Å². The molecule has 3 heterocycles.